The molecule has 0 unspecified atom stereocenters. The molecule has 0 amide bonds. The maximum atomic E-state index is 12.4. The van der Waals surface area contributed by atoms with Gasteiger partial charge >= 0.3 is 18.5 Å². The third kappa shape index (κ3) is 3.63. The summed E-state index contributed by atoms with van der Waals surface area (Å²) in [5.41, 5.74) is -3.60. The van der Waals surface area contributed by atoms with E-state index in [9.17, 15) is 31.1 Å². The van der Waals surface area contributed by atoms with Crippen molar-refractivity contribution in [3.8, 4) is 11.6 Å². The van der Waals surface area contributed by atoms with Crippen molar-refractivity contribution in [2.24, 2.45) is 0 Å². The van der Waals surface area contributed by atoms with Crippen molar-refractivity contribution in [2.75, 3.05) is 0 Å². The number of halogens is 6. The molecule has 2 N–H and O–H groups in total. The number of aromatic hydroxyl groups is 1. The largest absolute Gasteiger partial charge is 0.574 e. The lowest BCUT2D eigenvalue weighted by Crippen LogP contribution is -2.20. The number of rotatable bonds is 2. The Morgan fingerprint density at radius 3 is 2.11 bits per heavy atom. The molecule has 0 fully saturated rings. The fourth-order valence-electron chi connectivity index (χ4n) is 1.05. The van der Waals surface area contributed by atoms with Crippen molar-refractivity contribution in [1.29, 1.82) is 0 Å². The number of ether oxygens (including phenoxy) is 1. The van der Waals surface area contributed by atoms with E-state index in [-0.39, 0.29) is 6.07 Å². The van der Waals surface area contributed by atoms with Crippen LogP contribution in [0.2, 0.25) is 0 Å². The summed E-state index contributed by atoms with van der Waals surface area (Å²) in [5, 5.41) is 17.5. The molecule has 0 saturated carbocycles. The highest BCUT2D eigenvalue weighted by Gasteiger charge is 2.39. The van der Waals surface area contributed by atoms with E-state index in [0.29, 0.717) is 0 Å². The second-order valence-corrected chi connectivity index (χ2v) is 3.06. The number of carboxylic acid groups (broad SMARTS) is 1. The molecule has 0 aromatic carbocycles. The highest BCUT2D eigenvalue weighted by Crippen LogP contribution is 2.39. The standard InChI is InChI=1S/C8H3F6NO4/c9-7(10,11)2-1-3(19-8(12,13)14)15-4(5(2)16)6(17)18/h1,16H,(H,17,18). The van der Waals surface area contributed by atoms with Crippen LogP contribution in [0.15, 0.2) is 6.07 Å². The Balaban J connectivity index is 3.44. The third-order valence-electron chi connectivity index (χ3n) is 1.70. The number of carboxylic acids is 1. The van der Waals surface area contributed by atoms with Gasteiger partial charge in [0.15, 0.2) is 11.4 Å². The first-order valence-corrected chi connectivity index (χ1v) is 4.22. The van der Waals surface area contributed by atoms with Gasteiger partial charge in [0.25, 0.3) is 0 Å². The maximum Gasteiger partial charge on any atom is 0.574 e. The second kappa shape index (κ2) is 4.48. The summed E-state index contributed by atoms with van der Waals surface area (Å²) in [6.45, 7) is 0. The first-order chi connectivity index (χ1) is 8.42. The highest BCUT2D eigenvalue weighted by atomic mass is 19.4. The summed E-state index contributed by atoms with van der Waals surface area (Å²) >= 11 is 0. The molecule has 1 heterocycles. The summed E-state index contributed by atoms with van der Waals surface area (Å²) in [7, 11) is 0. The summed E-state index contributed by atoms with van der Waals surface area (Å²) in [5.74, 6) is -5.58. The zero-order chi connectivity index (χ0) is 15.0. The van der Waals surface area contributed by atoms with Crippen LogP contribution >= 0.6 is 0 Å². The van der Waals surface area contributed by atoms with Gasteiger partial charge in [-0.1, -0.05) is 0 Å². The zero-order valence-corrected chi connectivity index (χ0v) is 8.50. The minimum atomic E-state index is -5.36. The van der Waals surface area contributed by atoms with Crippen LogP contribution in [0.3, 0.4) is 0 Å². The number of nitrogens with zero attached hydrogens (tertiary/aromatic N) is 1. The predicted octanol–water partition coefficient (Wildman–Crippen LogP) is 2.40. The normalized spacial score (nSPS) is 12.3. The van der Waals surface area contributed by atoms with Gasteiger partial charge in [-0.3, -0.25) is 0 Å². The summed E-state index contributed by atoms with van der Waals surface area (Å²) in [6.07, 6.45) is -10.6. The lowest BCUT2D eigenvalue weighted by molar-refractivity contribution is -0.276. The first-order valence-electron chi connectivity index (χ1n) is 4.22. The van der Waals surface area contributed by atoms with E-state index in [1.165, 1.54) is 0 Å². The topological polar surface area (TPSA) is 79.7 Å². The summed E-state index contributed by atoms with van der Waals surface area (Å²) in [6, 6.07) is -0.255. The molecule has 1 aromatic heterocycles. The van der Waals surface area contributed by atoms with Crippen LogP contribution in [0.25, 0.3) is 0 Å². The number of hydrogen-bond acceptors (Lipinski definition) is 4. The van der Waals surface area contributed by atoms with Gasteiger partial charge < -0.3 is 14.9 Å². The monoisotopic (exact) mass is 291 g/mol. The molecule has 0 atom stereocenters. The number of hydrogen-bond donors (Lipinski definition) is 2. The van der Waals surface area contributed by atoms with Gasteiger partial charge in [0.2, 0.25) is 5.88 Å². The third-order valence-corrected chi connectivity index (χ3v) is 1.70. The smallest absolute Gasteiger partial charge is 0.505 e. The van der Waals surface area contributed by atoms with Crippen LogP contribution in [0, 0.1) is 0 Å². The van der Waals surface area contributed by atoms with Crippen molar-refractivity contribution in [3.05, 3.63) is 17.3 Å². The Bertz CT molecular complexity index is 509. The lowest BCUT2D eigenvalue weighted by atomic mass is 10.2. The van der Waals surface area contributed by atoms with Gasteiger partial charge in [0.05, 0.1) is 0 Å². The molecule has 106 valence electrons. The molecule has 1 aromatic rings. The van der Waals surface area contributed by atoms with E-state index in [1.807, 2.05) is 0 Å². The molecular weight excluding hydrogens is 288 g/mol. The van der Waals surface area contributed by atoms with E-state index in [0.717, 1.165) is 0 Å². The Morgan fingerprint density at radius 2 is 1.74 bits per heavy atom. The highest BCUT2D eigenvalue weighted by molar-refractivity contribution is 5.89. The van der Waals surface area contributed by atoms with Crippen molar-refractivity contribution in [2.45, 2.75) is 12.5 Å². The van der Waals surface area contributed by atoms with Gasteiger partial charge in [-0.15, -0.1) is 13.2 Å². The number of alkyl halides is 6. The minimum Gasteiger partial charge on any atom is -0.505 e. The number of aromatic nitrogens is 1. The van der Waals surface area contributed by atoms with E-state index >= 15 is 0 Å². The van der Waals surface area contributed by atoms with Crippen molar-refractivity contribution in [3.63, 3.8) is 0 Å². The second-order valence-electron chi connectivity index (χ2n) is 3.06. The van der Waals surface area contributed by atoms with Crippen LogP contribution < -0.4 is 4.74 Å². The van der Waals surface area contributed by atoms with Crippen LogP contribution in [-0.4, -0.2) is 27.5 Å². The molecule has 0 saturated heterocycles. The number of pyridine rings is 1. The SMILES string of the molecule is O=C(O)c1nc(OC(F)(F)F)cc(C(F)(F)F)c1O. The van der Waals surface area contributed by atoms with Gasteiger partial charge in [0, 0.05) is 6.07 Å². The fraction of sp³-hybridized carbons (Fsp3) is 0.250. The molecule has 5 nitrogen and oxygen atoms in total. The Kier molecular flexibility index (Phi) is 3.50. The fourth-order valence-corrected chi connectivity index (χ4v) is 1.05. The van der Waals surface area contributed by atoms with Gasteiger partial charge in [0.1, 0.15) is 5.56 Å². The van der Waals surface area contributed by atoms with Crippen molar-refractivity contribution in [1.82, 2.24) is 4.98 Å². The van der Waals surface area contributed by atoms with E-state index in [2.05, 4.69) is 9.72 Å². The predicted molar refractivity (Wildman–Crippen MR) is 44.5 cm³/mol. The molecule has 0 aliphatic rings. The van der Waals surface area contributed by atoms with E-state index in [4.69, 9.17) is 10.2 Å². The van der Waals surface area contributed by atoms with E-state index < -0.39 is 41.4 Å². The quantitative estimate of drug-likeness (QED) is 0.818. The molecule has 0 bridgehead atoms. The van der Waals surface area contributed by atoms with Gasteiger partial charge in [-0.25, -0.2) is 9.78 Å². The minimum absolute atomic E-state index is 0.255. The average Bonchev–Trinajstić information content (AvgIpc) is 2.16. The van der Waals surface area contributed by atoms with Gasteiger partial charge in [-0.2, -0.15) is 13.2 Å². The molecule has 1 rings (SSSR count). The van der Waals surface area contributed by atoms with Gasteiger partial charge in [-0.05, 0) is 0 Å². The molecule has 0 radical (unpaired) electrons. The van der Waals surface area contributed by atoms with Crippen LogP contribution in [0.5, 0.6) is 11.6 Å². The molecule has 0 aliphatic heterocycles. The number of aromatic carboxylic acids is 1. The van der Waals surface area contributed by atoms with E-state index in [1.54, 1.807) is 0 Å². The first kappa shape index (κ1) is 14.9. The molecule has 0 spiro atoms. The Morgan fingerprint density at radius 1 is 1.21 bits per heavy atom. The number of carbonyl (C=O) groups is 1. The Labute approximate surface area is 99.6 Å². The van der Waals surface area contributed by atoms with Crippen LogP contribution in [0.1, 0.15) is 16.1 Å². The molecule has 0 aliphatic carbocycles. The zero-order valence-electron chi connectivity index (χ0n) is 8.50. The van der Waals surface area contributed by atoms with Crippen LogP contribution in [0.4, 0.5) is 26.3 Å². The maximum absolute atomic E-state index is 12.4. The van der Waals surface area contributed by atoms with Crippen LogP contribution in [-0.2, 0) is 6.18 Å². The molecule has 11 heteroatoms. The van der Waals surface area contributed by atoms with Crippen molar-refractivity contribution >= 4 is 5.97 Å². The summed E-state index contributed by atoms with van der Waals surface area (Å²) in [4.78, 5) is 13.1. The lowest BCUT2D eigenvalue weighted by Gasteiger charge is -2.13. The Hall–Kier alpha value is -2.20. The summed E-state index contributed by atoms with van der Waals surface area (Å²) < 4.78 is 75.8. The molecule has 19 heavy (non-hydrogen) atoms. The molecular formula is C8H3F6NO4. The van der Waals surface area contributed by atoms with Crippen molar-refractivity contribution < 1.29 is 46.1 Å². The average molecular weight is 291 g/mol.